The second kappa shape index (κ2) is 10.5. The Morgan fingerprint density at radius 1 is 1.21 bits per heavy atom. The van der Waals surface area contributed by atoms with Crippen LogP contribution in [0, 0.1) is 11.7 Å². The third-order valence-corrected chi connectivity index (χ3v) is 9.15. The summed E-state index contributed by atoms with van der Waals surface area (Å²) in [5.74, 6) is 0.00661. The Morgan fingerprint density at radius 2 is 1.94 bits per heavy atom. The highest BCUT2D eigenvalue weighted by Gasteiger charge is 2.42. The molecule has 3 atom stereocenters. The largest absolute Gasteiger partial charge is 0.495 e. The summed E-state index contributed by atoms with van der Waals surface area (Å²) in [6, 6.07) is 11.1. The van der Waals surface area contributed by atoms with Gasteiger partial charge in [-0.1, -0.05) is 37.6 Å². The molecule has 2 aromatic carbocycles. The molecule has 0 aromatic heterocycles. The first-order valence-electron chi connectivity index (χ1n) is 11.8. The van der Waals surface area contributed by atoms with Gasteiger partial charge in [0.15, 0.2) is 0 Å². The van der Waals surface area contributed by atoms with Crippen molar-refractivity contribution in [1.29, 1.82) is 0 Å². The average molecular weight is 510 g/mol. The van der Waals surface area contributed by atoms with E-state index in [0.29, 0.717) is 29.9 Å². The van der Waals surface area contributed by atoms with E-state index >= 15 is 0 Å². The third-order valence-electron chi connectivity index (χ3n) is 6.96. The number of hydrogen-bond acceptors (Lipinski definition) is 5. The highest BCUT2D eigenvalue weighted by molar-refractivity contribution is 7.89. The fourth-order valence-corrected chi connectivity index (χ4v) is 7.16. The van der Waals surface area contributed by atoms with E-state index in [1.54, 1.807) is 0 Å². The zero-order valence-corrected chi connectivity index (χ0v) is 21.4. The molecule has 34 heavy (non-hydrogen) atoms. The molecule has 9 heteroatoms. The number of nitrogens with one attached hydrogen (secondary N) is 1. The van der Waals surface area contributed by atoms with Crippen LogP contribution in [-0.4, -0.2) is 62.6 Å². The van der Waals surface area contributed by atoms with Gasteiger partial charge in [-0.25, -0.2) is 12.8 Å². The van der Waals surface area contributed by atoms with Crippen LogP contribution in [0.3, 0.4) is 0 Å². The van der Waals surface area contributed by atoms with E-state index in [2.05, 4.69) is 24.1 Å². The maximum Gasteiger partial charge on any atom is 0.247 e. The van der Waals surface area contributed by atoms with Gasteiger partial charge in [-0.2, -0.15) is 4.31 Å². The van der Waals surface area contributed by atoms with E-state index in [-0.39, 0.29) is 29.4 Å². The Balaban J connectivity index is 1.69. The van der Waals surface area contributed by atoms with Crippen LogP contribution < -0.4 is 10.1 Å². The van der Waals surface area contributed by atoms with Crippen LogP contribution in [0.2, 0.25) is 5.02 Å². The zero-order chi connectivity index (χ0) is 24.5. The first-order valence-corrected chi connectivity index (χ1v) is 13.6. The molecule has 6 nitrogen and oxygen atoms in total. The molecular weight excluding hydrogens is 477 g/mol. The van der Waals surface area contributed by atoms with Gasteiger partial charge in [0.1, 0.15) is 16.5 Å². The summed E-state index contributed by atoms with van der Waals surface area (Å²) >= 11 is 6.04. The van der Waals surface area contributed by atoms with E-state index in [9.17, 15) is 12.8 Å². The molecule has 2 saturated heterocycles. The number of piperazine rings is 1. The highest BCUT2D eigenvalue weighted by Crippen LogP contribution is 2.33. The first kappa shape index (κ1) is 25.4. The monoisotopic (exact) mass is 509 g/mol. The van der Waals surface area contributed by atoms with Crippen molar-refractivity contribution in [2.45, 2.75) is 56.3 Å². The standard InChI is InChI=1S/C25H33ClFN3O3S/c1-17(2)22-5-4-12-29(22)25-16-30(21(15-28-25)13-18-6-8-19(26)9-7-18)34(31,32)24-14-20(27)10-11-23(24)33-3/h6-11,14,17,21-22,25,28H,4-5,12-13,15-16H2,1-3H3. The molecule has 3 unspecified atom stereocenters. The van der Waals surface area contributed by atoms with Crippen molar-refractivity contribution >= 4 is 21.6 Å². The summed E-state index contributed by atoms with van der Waals surface area (Å²) in [6.45, 7) is 6.12. The summed E-state index contributed by atoms with van der Waals surface area (Å²) in [5.41, 5.74) is 0.988. The number of methoxy groups -OCH3 is 1. The molecule has 1 N–H and O–H groups in total. The number of halogens is 2. The molecule has 4 rings (SSSR count). The van der Waals surface area contributed by atoms with Gasteiger partial charge >= 0.3 is 0 Å². The van der Waals surface area contributed by atoms with Gasteiger partial charge in [-0.05, 0) is 61.1 Å². The fourth-order valence-electron chi connectivity index (χ4n) is 5.24. The lowest BCUT2D eigenvalue weighted by atomic mass is 10.0. The smallest absolute Gasteiger partial charge is 0.247 e. The maximum atomic E-state index is 14.2. The molecular formula is C25H33ClFN3O3S. The van der Waals surface area contributed by atoms with Crippen LogP contribution in [0.25, 0.3) is 0 Å². The lowest BCUT2D eigenvalue weighted by Crippen LogP contribution is -2.64. The number of nitrogens with zero attached hydrogens (tertiary/aromatic N) is 2. The van der Waals surface area contributed by atoms with Gasteiger partial charge in [0.25, 0.3) is 0 Å². The molecule has 0 amide bonds. The Morgan fingerprint density at radius 3 is 2.62 bits per heavy atom. The number of hydrogen-bond donors (Lipinski definition) is 1. The first-order chi connectivity index (χ1) is 16.2. The molecule has 2 aliphatic heterocycles. The molecule has 0 spiro atoms. The number of sulfonamides is 1. The Bertz CT molecular complexity index is 1100. The Kier molecular flexibility index (Phi) is 7.84. The highest BCUT2D eigenvalue weighted by atomic mass is 35.5. The summed E-state index contributed by atoms with van der Waals surface area (Å²) in [7, 11) is -2.63. The van der Waals surface area contributed by atoms with Gasteiger partial charge in [0.05, 0.1) is 13.3 Å². The predicted molar refractivity (Wildman–Crippen MR) is 132 cm³/mol. The quantitative estimate of drug-likeness (QED) is 0.608. The number of benzene rings is 2. The average Bonchev–Trinajstić information content (AvgIpc) is 3.31. The summed E-state index contributed by atoms with van der Waals surface area (Å²) < 4.78 is 48.9. The van der Waals surface area contributed by atoms with E-state index in [4.69, 9.17) is 16.3 Å². The van der Waals surface area contributed by atoms with Gasteiger partial charge in [0.2, 0.25) is 10.0 Å². The Labute approximate surface area is 207 Å². The fraction of sp³-hybridized carbons (Fsp3) is 0.520. The summed E-state index contributed by atoms with van der Waals surface area (Å²) in [6.07, 6.45) is 2.61. The van der Waals surface area contributed by atoms with Crippen molar-refractivity contribution in [3.8, 4) is 5.75 Å². The van der Waals surface area contributed by atoms with E-state index < -0.39 is 15.8 Å². The molecule has 0 radical (unpaired) electrons. The molecule has 2 fully saturated rings. The predicted octanol–water partition coefficient (Wildman–Crippen LogP) is 4.14. The normalized spacial score (nSPS) is 24.6. The second-order valence-corrected chi connectivity index (χ2v) is 11.8. The van der Waals surface area contributed by atoms with E-state index in [1.807, 2.05) is 24.3 Å². The molecule has 0 bridgehead atoms. The molecule has 2 heterocycles. The molecule has 0 saturated carbocycles. The number of ether oxygens (including phenoxy) is 1. The maximum absolute atomic E-state index is 14.2. The van der Waals surface area contributed by atoms with Crippen molar-refractivity contribution in [2.75, 3.05) is 26.7 Å². The van der Waals surface area contributed by atoms with Gasteiger partial charge in [0, 0.05) is 36.7 Å². The Hall–Kier alpha value is -1.71. The minimum atomic E-state index is -4.03. The summed E-state index contributed by atoms with van der Waals surface area (Å²) in [5, 5.41) is 4.24. The molecule has 186 valence electrons. The van der Waals surface area contributed by atoms with Crippen LogP contribution >= 0.6 is 11.6 Å². The third kappa shape index (κ3) is 5.26. The number of likely N-dealkylation sites (tertiary alicyclic amines) is 1. The second-order valence-electron chi connectivity index (χ2n) is 9.47. The van der Waals surface area contributed by atoms with Gasteiger partial charge in [-0.15, -0.1) is 0 Å². The zero-order valence-electron chi connectivity index (χ0n) is 19.9. The van der Waals surface area contributed by atoms with E-state index in [1.165, 1.54) is 23.5 Å². The molecule has 2 aromatic rings. The van der Waals surface area contributed by atoms with Gasteiger partial charge in [-0.3, -0.25) is 10.2 Å². The van der Waals surface area contributed by atoms with Crippen LogP contribution in [-0.2, 0) is 16.4 Å². The van der Waals surface area contributed by atoms with Crippen LogP contribution in [0.1, 0.15) is 32.3 Å². The van der Waals surface area contributed by atoms with Crippen molar-refractivity contribution in [3.63, 3.8) is 0 Å². The minimum Gasteiger partial charge on any atom is -0.495 e. The van der Waals surface area contributed by atoms with Crippen molar-refractivity contribution in [1.82, 2.24) is 14.5 Å². The summed E-state index contributed by atoms with van der Waals surface area (Å²) in [4.78, 5) is 2.26. The number of rotatable bonds is 7. The van der Waals surface area contributed by atoms with Crippen LogP contribution in [0.15, 0.2) is 47.4 Å². The minimum absolute atomic E-state index is 0.106. The lowest BCUT2D eigenvalue weighted by Gasteiger charge is -2.45. The van der Waals surface area contributed by atoms with Gasteiger partial charge < -0.3 is 4.74 Å². The lowest BCUT2D eigenvalue weighted by molar-refractivity contribution is 0.0684. The van der Waals surface area contributed by atoms with Crippen LogP contribution in [0.4, 0.5) is 4.39 Å². The van der Waals surface area contributed by atoms with Crippen molar-refractivity contribution < 1.29 is 17.5 Å². The molecule has 0 aliphatic carbocycles. The van der Waals surface area contributed by atoms with Crippen LogP contribution in [0.5, 0.6) is 5.75 Å². The van der Waals surface area contributed by atoms with E-state index in [0.717, 1.165) is 31.0 Å². The van der Waals surface area contributed by atoms with Crippen molar-refractivity contribution in [2.24, 2.45) is 5.92 Å². The topological polar surface area (TPSA) is 61.9 Å². The SMILES string of the molecule is COc1ccc(F)cc1S(=O)(=O)N1CC(N2CCCC2C(C)C)NCC1Cc1ccc(Cl)cc1. The van der Waals surface area contributed by atoms with Crippen molar-refractivity contribution in [3.05, 3.63) is 58.9 Å². The molecule has 2 aliphatic rings.